The third kappa shape index (κ3) is 6.38. The number of nitrogens with zero attached hydrogens (tertiary/aromatic N) is 1. The van der Waals surface area contributed by atoms with Crippen molar-refractivity contribution in [3.8, 4) is 0 Å². The first-order chi connectivity index (χ1) is 8.61. The molecule has 1 unspecified atom stereocenters. The zero-order valence-electron chi connectivity index (χ0n) is 11.5. The molecule has 0 aliphatic rings. The lowest BCUT2D eigenvalue weighted by atomic mass is 10.2. The second kappa shape index (κ2) is 8.51. The Morgan fingerprint density at radius 3 is 2.67 bits per heavy atom. The minimum atomic E-state index is 0.241. The van der Waals surface area contributed by atoms with Crippen molar-refractivity contribution in [3.05, 3.63) is 23.9 Å². The number of nitrogens with one attached hydrogen (secondary N) is 1. The van der Waals surface area contributed by atoms with Crippen molar-refractivity contribution in [3.63, 3.8) is 0 Å². The van der Waals surface area contributed by atoms with Gasteiger partial charge >= 0.3 is 0 Å². The molecule has 0 aliphatic heterocycles. The van der Waals surface area contributed by atoms with E-state index in [9.17, 15) is 0 Å². The van der Waals surface area contributed by atoms with Crippen LogP contribution in [0.4, 0.5) is 0 Å². The molecule has 0 bridgehead atoms. The van der Waals surface area contributed by atoms with Crippen LogP contribution in [0.15, 0.2) is 23.4 Å². The molecule has 4 heteroatoms. The standard InChI is InChI=1S/C14H24N2OS/c1-11(2)8-15-9-13-4-5-14(16-10-13)18-12(3)6-7-17/h4-5,10-12,15,17H,6-9H2,1-3H3. The molecule has 0 saturated heterocycles. The van der Waals surface area contributed by atoms with Gasteiger partial charge in [-0.2, -0.15) is 0 Å². The Bertz CT molecular complexity index is 327. The maximum atomic E-state index is 8.86. The molecule has 18 heavy (non-hydrogen) atoms. The molecular formula is C14H24N2OS. The van der Waals surface area contributed by atoms with Gasteiger partial charge in [0.2, 0.25) is 0 Å². The summed E-state index contributed by atoms with van der Waals surface area (Å²) < 4.78 is 0. The molecule has 102 valence electrons. The van der Waals surface area contributed by atoms with Crippen LogP contribution in [0.2, 0.25) is 0 Å². The van der Waals surface area contributed by atoms with Crippen LogP contribution < -0.4 is 5.32 Å². The zero-order chi connectivity index (χ0) is 13.4. The number of pyridine rings is 1. The van der Waals surface area contributed by atoms with Gasteiger partial charge in [-0.3, -0.25) is 0 Å². The van der Waals surface area contributed by atoms with E-state index < -0.39 is 0 Å². The highest BCUT2D eigenvalue weighted by molar-refractivity contribution is 7.99. The van der Waals surface area contributed by atoms with Crippen LogP contribution in [-0.4, -0.2) is 28.5 Å². The predicted molar refractivity (Wildman–Crippen MR) is 77.8 cm³/mol. The fraction of sp³-hybridized carbons (Fsp3) is 0.643. The number of aromatic nitrogens is 1. The first-order valence-electron chi connectivity index (χ1n) is 6.55. The molecule has 0 spiro atoms. The van der Waals surface area contributed by atoms with Gasteiger partial charge in [0.1, 0.15) is 0 Å². The number of hydrogen-bond donors (Lipinski definition) is 2. The average molecular weight is 268 g/mol. The highest BCUT2D eigenvalue weighted by atomic mass is 32.2. The fourth-order valence-corrected chi connectivity index (χ4v) is 2.43. The molecule has 1 aromatic heterocycles. The number of aliphatic hydroxyl groups excluding tert-OH is 1. The average Bonchev–Trinajstić information content (AvgIpc) is 2.31. The van der Waals surface area contributed by atoms with Crippen molar-refractivity contribution < 1.29 is 5.11 Å². The Labute approximate surface area is 114 Å². The van der Waals surface area contributed by atoms with Crippen molar-refractivity contribution in [1.29, 1.82) is 0 Å². The molecule has 1 atom stereocenters. The molecule has 0 amide bonds. The van der Waals surface area contributed by atoms with Crippen molar-refractivity contribution in [2.24, 2.45) is 5.92 Å². The van der Waals surface area contributed by atoms with Gasteiger partial charge in [-0.1, -0.05) is 26.8 Å². The lowest BCUT2D eigenvalue weighted by Crippen LogP contribution is -2.18. The van der Waals surface area contributed by atoms with Gasteiger partial charge in [-0.25, -0.2) is 4.98 Å². The highest BCUT2D eigenvalue weighted by Gasteiger charge is 2.04. The summed E-state index contributed by atoms with van der Waals surface area (Å²) in [6.07, 6.45) is 2.74. The van der Waals surface area contributed by atoms with E-state index in [0.29, 0.717) is 11.2 Å². The van der Waals surface area contributed by atoms with Gasteiger partial charge in [0.25, 0.3) is 0 Å². The fourth-order valence-electron chi connectivity index (χ4n) is 1.54. The Morgan fingerprint density at radius 2 is 2.11 bits per heavy atom. The van der Waals surface area contributed by atoms with Crippen LogP contribution >= 0.6 is 11.8 Å². The smallest absolute Gasteiger partial charge is 0.0962 e. The molecule has 3 nitrogen and oxygen atoms in total. The molecule has 0 aliphatic carbocycles. The number of thioether (sulfide) groups is 1. The normalized spacial score (nSPS) is 12.9. The van der Waals surface area contributed by atoms with E-state index in [4.69, 9.17) is 5.11 Å². The van der Waals surface area contributed by atoms with Gasteiger partial charge in [-0.15, -0.1) is 11.8 Å². The topological polar surface area (TPSA) is 45.1 Å². The summed E-state index contributed by atoms with van der Waals surface area (Å²) in [7, 11) is 0. The van der Waals surface area contributed by atoms with Crippen LogP contribution in [0.3, 0.4) is 0 Å². The van der Waals surface area contributed by atoms with E-state index >= 15 is 0 Å². The first-order valence-corrected chi connectivity index (χ1v) is 7.43. The summed E-state index contributed by atoms with van der Waals surface area (Å²) in [5.41, 5.74) is 1.22. The third-order valence-electron chi connectivity index (χ3n) is 2.54. The maximum Gasteiger partial charge on any atom is 0.0962 e. The van der Waals surface area contributed by atoms with E-state index in [0.717, 1.165) is 24.5 Å². The minimum Gasteiger partial charge on any atom is -0.396 e. The summed E-state index contributed by atoms with van der Waals surface area (Å²) in [6, 6.07) is 4.18. The predicted octanol–water partition coefficient (Wildman–Crippen LogP) is 2.69. The molecular weight excluding hydrogens is 244 g/mol. The Morgan fingerprint density at radius 1 is 1.33 bits per heavy atom. The second-order valence-electron chi connectivity index (χ2n) is 4.97. The molecule has 1 aromatic rings. The van der Waals surface area contributed by atoms with E-state index in [1.807, 2.05) is 6.20 Å². The lowest BCUT2D eigenvalue weighted by Gasteiger charge is -2.10. The van der Waals surface area contributed by atoms with Gasteiger partial charge in [-0.05, 0) is 30.5 Å². The Kier molecular flexibility index (Phi) is 7.32. The molecule has 0 fully saturated rings. The molecule has 0 radical (unpaired) electrons. The maximum absolute atomic E-state index is 8.86. The number of aliphatic hydroxyl groups is 1. The van der Waals surface area contributed by atoms with Gasteiger partial charge in [0.15, 0.2) is 0 Å². The SMILES string of the molecule is CC(C)CNCc1ccc(SC(C)CCO)nc1. The van der Waals surface area contributed by atoms with E-state index in [2.05, 4.69) is 43.2 Å². The van der Waals surface area contributed by atoms with Crippen LogP contribution in [0.25, 0.3) is 0 Å². The quantitative estimate of drug-likeness (QED) is 0.712. The molecule has 0 aromatic carbocycles. The monoisotopic (exact) mass is 268 g/mol. The number of hydrogen-bond acceptors (Lipinski definition) is 4. The summed E-state index contributed by atoms with van der Waals surface area (Å²) in [4.78, 5) is 4.44. The molecule has 2 N–H and O–H groups in total. The summed E-state index contributed by atoms with van der Waals surface area (Å²) in [6.45, 7) is 8.67. The van der Waals surface area contributed by atoms with Crippen molar-refractivity contribution in [2.45, 2.75) is 44.0 Å². The van der Waals surface area contributed by atoms with E-state index in [1.165, 1.54) is 5.56 Å². The summed E-state index contributed by atoms with van der Waals surface area (Å²) >= 11 is 1.71. The van der Waals surface area contributed by atoms with Gasteiger partial charge in [0, 0.05) is 24.6 Å². The van der Waals surface area contributed by atoms with Crippen LogP contribution in [-0.2, 0) is 6.54 Å². The highest BCUT2D eigenvalue weighted by Crippen LogP contribution is 2.22. The molecule has 1 heterocycles. The summed E-state index contributed by atoms with van der Waals surface area (Å²) in [5.74, 6) is 0.673. The lowest BCUT2D eigenvalue weighted by molar-refractivity contribution is 0.289. The Balaban J connectivity index is 2.37. The summed E-state index contributed by atoms with van der Waals surface area (Å²) in [5, 5.41) is 13.7. The van der Waals surface area contributed by atoms with Crippen molar-refractivity contribution in [2.75, 3.05) is 13.2 Å². The third-order valence-corrected chi connectivity index (χ3v) is 3.66. The van der Waals surface area contributed by atoms with Gasteiger partial charge < -0.3 is 10.4 Å². The largest absolute Gasteiger partial charge is 0.396 e. The van der Waals surface area contributed by atoms with Crippen LogP contribution in [0.5, 0.6) is 0 Å². The minimum absolute atomic E-state index is 0.241. The van der Waals surface area contributed by atoms with Crippen LogP contribution in [0.1, 0.15) is 32.8 Å². The molecule has 1 rings (SSSR count). The molecule has 0 saturated carbocycles. The zero-order valence-corrected chi connectivity index (χ0v) is 12.3. The van der Waals surface area contributed by atoms with Crippen LogP contribution in [0, 0.1) is 5.92 Å². The number of rotatable bonds is 8. The van der Waals surface area contributed by atoms with E-state index in [-0.39, 0.29) is 6.61 Å². The van der Waals surface area contributed by atoms with Gasteiger partial charge in [0.05, 0.1) is 5.03 Å². The second-order valence-corrected chi connectivity index (χ2v) is 6.43. The van der Waals surface area contributed by atoms with Crippen molar-refractivity contribution >= 4 is 11.8 Å². The first kappa shape index (κ1) is 15.5. The Hall–Kier alpha value is -0.580. The van der Waals surface area contributed by atoms with E-state index in [1.54, 1.807) is 11.8 Å². The van der Waals surface area contributed by atoms with Crippen molar-refractivity contribution in [1.82, 2.24) is 10.3 Å².